The minimum atomic E-state index is -1.59. The molecule has 10 aromatic carbocycles. The average Bonchev–Trinajstić information content (AvgIpc) is 0.838. The summed E-state index contributed by atoms with van der Waals surface area (Å²) in [7, 11) is 0. The summed E-state index contributed by atoms with van der Waals surface area (Å²) in [5.41, 5.74) is 76.7. The molecule has 628 valence electrons. The van der Waals surface area contributed by atoms with Crippen LogP contribution in [0.3, 0.4) is 0 Å². The number of carbonyl (C=O) groups excluding carboxylic acids is 10. The third kappa shape index (κ3) is 27.5. The van der Waals surface area contributed by atoms with Gasteiger partial charge in [-0.05, 0) is 183 Å². The first-order valence-corrected chi connectivity index (χ1v) is 39.4. The van der Waals surface area contributed by atoms with Crippen LogP contribution < -0.4 is 111 Å². The van der Waals surface area contributed by atoms with Crippen LogP contribution in [0.25, 0.3) is 0 Å². The lowest BCUT2D eigenvalue weighted by molar-refractivity contribution is -0.136. The lowest BCUT2D eigenvalue weighted by Crippen LogP contribution is -2.62. The molecule has 0 heterocycles. The first-order chi connectivity index (χ1) is 57.9. The molecule has 10 amide bonds. The van der Waals surface area contributed by atoms with Gasteiger partial charge in [0.2, 0.25) is 59.1 Å². The molecule has 0 saturated heterocycles. The van der Waals surface area contributed by atoms with Gasteiger partial charge in [-0.1, -0.05) is 128 Å². The summed E-state index contributed by atoms with van der Waals surface area (Å²) in [6.07, 6.45) is -1.24. The molecule has 30 nitrogen and oxygen atoms in total. The van der Waals surface area contributed by atoms with Gasteiger partial charge >= 0.3 is 0 Å². The van der Waals surface area contributed by atoms with E-state index in [1.54, 1.807) is 237 Å². The summed E-state index contributed by atoms with van der Waals surface area (Å²) in [6, 6.07) is 52.7. The van der Waals surface area contributed by atoms with E-state index in [1.165, 1.54) is 0 Å². The van der Waals surface area contributed by atoms with Crippen molar-refractivity contribution >= 4 is 116 Å². The third-order valence-corrected chi connectivity index (χ3v) is 20.5. The summed E-state index contributed by atoms with van der Waals surface area (Å²) in [6.45, 7) is 1.72. The smallest absolute Gasteiger partial charge is 0.243 e. The van der Waals surface area contributed by atoms with Crippen LogP contribution >= 0.6 is 0 Å². The fraction of sp³-hybridized carbons (Fsp3) is 0.231. The van der Waals surface area contributed by atoms with Gasteiger partial charge in [-0.3, -0.25) is 47.9 Å². The number of hydrogen-bond donors (Lipinski definition) is 20. The van der Waals surface area contributed by atoms with Crippen LogP contribution in [0, 0.1) is 5.92 Å². The van der Waals surface area contributed by atoms with E-state index >= 15 is 33.6 Å². The molecular weight excluding hydrogens is 1530 g/mol. The molecule has 31 N–H and O–H groups in total. The summed E-state index contributed by atoms with van der Waals surface area (Å²) in [4.78, 5) is 150. The van der Waals surface area contributed by atoms with Gasteiger partial charge in [0, 0.05) is 121 Å². The van der Waals surface area contributed by atoms with E-state index in [-0.39, 0.29) is 57.8 Å². The second-order valence-electron chi connectivity index (χ2n) is 30.3. The van der Waals surface area contributed by atoms with Gasteiger partial charge in [-0.2, -0.15) is 0 Å². The lowest BCUT2D eigenvalue weighted by atomic mass is 9.98. The van der Waals surface area contributed by atoms with Crippen molar-refractivity contribution in [3.8, 4) is 0 Å². The maximum atomic E-state index is 15.7. The van der Waals surface area contributed by atoms with Gasteiger partial charge in [0.1, 0.15) is 54.4 Å². The van der Waals surface area contributed by atoms with Gasteiger partial charge in [0.15, 0.2) is 0 Å². The van der Waals surface area contributed by atoms with Crippen LogP contribution in [0.2, 0.25) is 0 Å². The number of benzene rings is 10. The molecule has 30 heteroatoms. The Kier molecular flexibility index (Phi) is 30.8. The van der Waals surface area contributed by atoms with Crippen molar-refractivity contribution in [2.75, 3.05) is 57.3 Å². The zero-order valence-electron chi connectivity index (χ0n) is 66.9. The van der Waals surface area contributed by atoms with Gasteiger partial charge in [0.05, 0.1) is 0 Å². The lowest BCUT2D eigenvalue weighted by Gasteiger charge is -2.29. The molecule has 0 aliphatic heterocycles. The van der Waals surface area contributed by atoms with Crippen molar-refractivity contribution in [3.63, 3.8) is 0 Å². The maximum absolute atomic E-state index is 15.7. The highest BCUT2D eigenvalue weighted by Gasteiger charge is 2.37. The molecule has 0 aromatic heterocycles. The van der Waals surface area contributed by atoms with Gasteiger partial charge in [0.25, 0.3) is 0 Å². The van der Waals surface area contributed by atoms with Crippen molar-refractivity contribution in [3.05, 3.63) is 298 Å². The molecule has 0 spiro atoms. The SMILES string of the molecule is CC(Cc1ccc(N)cc1)C(=O)NC(Cc1ccc(N)cc1)C(=O)NC(Cc1ccc(N)cc1)C(=O)NC(Cc1ccc(N)cc1)C(=O)NC(Cc1ccc(N)cc1)C(=O)NC(Cc1ccc(N)cc1)C(=O)NC(Cc1ccc(N)cc1)C(=O)NC(Cc1ccc(N)cc1)C(=O)NC(Cc1ccc(N)cc1)C(=O)NC(Cc1ccc(N)cc1)C(N)=O. The van der Waals surface area contributed by atoms with Crippen LogP contribution in [0.4, 0.5) is 56.9 Å². The Bertz CT molecular complexity index is 5200. The predicted molar refractivity (Wildman–Crippen MR) is 471 cm³/mol. The minimum absolute atomic E-state index is 0.0343. The van der Waals surface area contributed by atoms with Crippen molar-refractivity contribution in [1.82, 2.24) is 47.9 Å². The topological polar surface area (TPSA) is 565 Å². The van der Waals surface area contributed by atoms with Crippen LogP contribution in [0.5, 0.6) is 0 Å². The number of nitrogens with two attached hydrogens (primary N) is 11. The Morgan fingerprint density at radius 3 is 0.421 bits per heavy atom. The Balaban J connectivity index is 0.959. The van der Waals surface area contributed by atoms with Gasteiger partial charge in [-0.15, -0.1) is 0 Å². The number of anilines is 10. The maximum Gasteiger partial charge on any atom is 0.243 e. The van der Waals surface area contributed by atoms with E-state index in [9.17, 15) is 14.4 Å². The normalized spacial score (nSPS) is 13.5. The molecule has 121 heavy (non-hydrogen) atoms. The first kappa shape index (κ1) is 88.3. The number of rotatable bonds is 39. The quantitative estimate of drug-likeness (QED) is 0.0244. The van der Waals surface area contributed by atoms with Crippen LogP contribution in [0.15, 0.2) is 243 Å². The van der Waals surface area contributed by atoms with E-state index in [4.69, 9.17) is 63.1 Å². The Hall–Kier alpha value is -15.1. The number of hydrogen-bond acceptors (Lipinski definition) is 20. The molecular formula is C91H104N20O10. The fourth-order valence-electron chi connectivity index (χ4n) is 13.5. The number of nitrogen functional groups attached to an aromatic ring is 10. The summed E-state index contributed by atoms with van der Waals surface area (Å²) < 4.78 is 0. The molecule has 0 bridgehead atoms. The van der Waals surface area contributed by atoms with E-state index in [2.05, 4.69) is 47.9 Å². The Morgan fingerprint density at radius 2 is 0.289 bits per heavy atom. The molecule has 0 saturated carbocycles. The number of primary amides is 1. The number of amides is 10. The molecule has 10 aromatic rings. The molecule has 10 rings (SSSR count). The second kappa shape index (κ2) is 42.2. The summed E-state index contributed by atoms with van der Waals surface area (Å²) in [5, 5.41) is 25.7. The highest BCUT2D eigenvalue weighted by Crippen LogP contribution is 2.21. The molecule has 0 aliphatic rings. The standard InChI is InChI=1S/C91H104N20O10/c1-52(42-53-2-22-63(92)23-3-53)83(113)104-74(44-55-6-26-65(94)27-7-55)85(115)106-76(46-57-10-30-67(96)31-11-57)87(117)108-78(48-59-14-34-69(98)35-15-59)89(119)110-80(50-61-18-38-71(100)39-19-61)91(121)111-81(51-62-20-40-72(101)41-21-62)90(120)109-79(49-60-16-36-70(99)37-17-60)88(118)107-77(47-58-12-32-68(97)33-13-58)86(116)105-75(45-56-8-28-66(95)29-9-56)84(114)103-73(82(102)112)43-54-4-24-64(93)25-5-54/h2-41,52,73-81H,42-51,92-101H2,1H3,(H2,102,112)(H,103,114)(H,104,113)(H,105,116)(H,106,115)(H,107,118)(H,108,117)(H,109,120)(H,110,119)(H,111,121). The van der Waals surface area contributed by atoms with Crippen LogP contribution in [-0.2, 0) is 112 Å². The van der Waals surface area contributed by atoms with E-state index in [0.717, 1.165) is 5.56 Å². The van der Waals surface area contributed by atoms with E-state index in [0.29, 0.717) is 113 Å². The minimum Gasteiger partial charge on any atom is -0.399 e. The molecule has 10 atom stereocenters. The highest BCUT2D eigenvalue weighted by atomic mass is 16.2. The number of nitrogens with one attached hydrogen (secondary N) is 9. The summed E-state index contributed by atoms with van der Waals surface area (Å²) in [5.74, 6) is -8.91. The largest absolute Gasteiger partial charge is 0.399 e. The Morgan fingerprint density at radius 1 is 0.182 bits per heavy atom. The number of carbonyl (C=O) groups is 10. The van der Waals surface area contributed by atoms with E-state index < -0.39 is 119 Å². The molecule has 0 aliphatic carbocycles. The highest BCUT2D eigenvalue weighted by molar-refractivity contribution is 5.99. The first-order valence-electron chi connectivity index (χ1n) is 39.4. The van der Waals surface area contributed by atoms with Gasteiger partial charge in [-0.25, -0.2) is 0 Å². The molecule has 0 fully saturated rings. The second-order valence-corrected chi connectivity index (χ2v) is 30.3. The monoisotopic (exact) mass is 1640 g/mol. The van der Waals surface area contributed by atoms with Crippen molar-refractivity contribution in [2.24, 2.45) is 11.7 Å². The van der Waals surface area contributed by atoms with E-state index in [1.807, 2.05) is 12.1 Å². The summed E-state index contributed by atoms with van der Waals surface area (Å²) >= 11 is 0. The molecule has 0 radical (unpaired) electrons. The van der Waals surface area contributed by atoms with Crippen molar-refractivity contribution in [2.45, 2.75) is 126 Å². The zero-order valence-corrected chi connectivity index (χ0v) is 66.9. The van der Waals surface area contributed by atoms with Crippen LogP contribution in [-0.4, -0.2) is 113 Å². The molecule has 10 unspecified atom stereocenters. The predicted octanol–water partition coefficient (Wildman–Crippen LogP) is 3.72. The zero-order chi connectivity index (χ0) is 86.8. The van der Waals surface area contributed by atoms with Crippen molar-refractivity contribution < 1.29 is 47.9 Å². The fourth-order valence-corrected chi connectivity index (χ4v) is 13.5. The van der Waals surface area contributed by atoms with Crippen LogP contribution in [0.1, 0.15) is 62.6 Å². The third-order valence-electron chi connectivity index (χ3n) is 20.5. The Labute approximate surface area is 701 Å². The average molecular weight is 1640 g/mol. The van der Waals surface area contributed by atoms with Gasteiger partial charge < -0.3 is 111 Å². The van der Waals surface area contributed by atoms with Crippen molar-refractivity contribution in [1.29, 1.82) is 0 Å².